The molecule has 0 atom stereocenters. The molecule has 1 spiro atoms. The topological polar surface area (TPSA) is 82.1 Å². The molecular formula is C23H22F3NO6S. The molecule has 7 nitrogen and oxygen atoms in total. The van der Waals surface area contributed by atoms with Crippen LogP contribution in [-0.4, -0.2) is 38.8 Å². The first-order chi connectivity index (χ1) is 16.1. The van der Waals surface area contributed by atoms with Crippen LogP contribution in [0.3, 0.4) is 0 Å². The quantitative estimate of drug-likeness (QED) is 0.437. The van der Waals surface area contributed by atoms with Crippen LogP contribution in [0.1, 0.15) is 24.8 Å². The van der Waals surface area contributed by atoms with Gasteiger partial charge in [0, 0.05) is 18.4 Å². The van der Waals surface area contributed by atoms with E-state index in [4.69, 9.17) is 9.47 Å². The third-order valence-corrected chi connectivity index (χ3v) is 6.56. The number of ether oxygens (including phenoxy) is 2. The van der Waals surface area contributed by atoms with Gasteiger partial charge in [-0.3, -0.25) is 4.79 Å². The minimum absolute atomic E-state index is 0.0123. The van der Waals surface area contributed by atoms with Crippen LogP contribution < -0.4 is 9.08 Å². The molecular weight excluding hydrogens is 475 g/mol. The molecule has 1 aliphatic carbocycles. The molecule has 11 heteroatoms. The lowest BCUT2D eigenvalue weighted by atomic mass is 9.93. The van der Waals surface area contributed by atoms with Crippen LogP contribution >= 0.6 is 0 Å². The van der Waals surface area contributed by atoms with Gasteiger partial charge in [0.2, 0.25) is 0 Å². The van der Waals surface area contributed by atoms with Gasteiger partial charge >= 0.3 is 15.6 Å². The highest BCUT2D eigenvalue weighted by atomic mass is 32.2. The smallest absolute Gasteiger partial charge is 0.374 e. The predicted octanol–water partition coefficient (Wildman–Crippen LogP) is 4.30. The van der Waals surface area contributed by atoms with Crippen molar-refractivity contribution in [3.05, 3.63) is 71.8 Å². The number of para-hydroxylation sites is 2. The summed E-state index contributed by atoms with van der Waals surface area (Å²) in [5, 5.41) is 0. The number of nitrogens with zero attached hydrogens (tertiary/aromatic N) is 1. The van der Waals surface area contributed by atoms with Crippen LogP contribution in [0.4, 0.5) is 18.9 Å². The van der Waals surface area contributed by atoms with Crippen molar-refractivity contribution in [3.8, 4) is 5.75 Å². The Labute approximate surface area is 194 Å². The zero-order chi connectivity index (χ0) is 24.4. The Kier molecular flexibility index (Phi) is 6.70. The SMILES string of the molecule is O=C(C1=CCC2(CC1)OCCO2)N(Cc1ccccc1)c1ccccc1OS(=O)(=O)C(F)(F)F. The third kappa shape index (κ3) is 5.11. The summed E-state index contributed by atoms with van der Waals surface area (Å²) in [5.41, 5.74) is -4.59. The van der Waals surface area contributed by atoms with Crippen molar-refractivity contribution in [2.45, 2.75) is 37.1 Å². The summed E-state index contributed by atoms with van der Waals surface area (Å²) in [5.74, 6) is -1.83. The van der Waals surface area contributed by atoms with Crippen molar-refractivity contribution < 1.29 is 40.0 Å². The Morgan fingerprint density at radius 3 is 2.29 bits per heavy atom. The molecule has 0 aromatic heterocycles. The maximum atomic E-state index is 13.6. The van der Waals surface area contributed by atoms with Crippen LogP contribution in [0.5, 0.6) is 5.75 Å². The van der Waals surface area contributed by atoms with E-state index in [-0.39, 0.29) is 12.2 Å². The average Bonchev–Trinajstić information content (AvgIpc) is 3.26. The summed E-state index contributed by atoms with van der Waals surface area (Å²) < 4.78 is 78.0. The van der Waals surface area contributed by atoms with Crippen LogP contribution in [0.2, 0.25) is 0 Å². The first-order valence-electron chi connectivity index (χ1n) is 10.5. The third-order valence-electron chi connectivity index (χ3n) is 5.59. The molecule has 2 aliphatic rings. The largest absolute Gasteiger partial charge is 0.534 e. The van der Waals surface area contributed by atoms with Crippen molar-refractivity contribution in [1.82, 2.24) is 0 Å². The van der Waals surface area contributed by atoms with Gasteiger partial charge in [0.15, 0.2) is 11.5 Å². The van der Waals surface area contributed by atoms with Gasteiger partial charge in [-0.1, -0.05) is 48.5 Å². The maximum Gasteiger partial charge on any atom is 0.534 e. The second-order valence-corrected chi connectivity index (χ2v) is 9.41. The number of carbonyl (C=O) groups is 1. The summed E-state index contributed by atoms with van der Waals surface area (Å²) in [6, 6.07) is 14.0. The van der Waals surface area contributed by atoms with Gasteiger partial charge in [-0.15, -0.1) is 0 Å². The van der Waals surface area contributed by atoms with E-state index in [0.29, 0.717) is 43.6 Å². The fourth-order valence-corrected chi connectivity index (χ4v) is 4.35. The molecule has 182 valence electrons. The molecule has 0 bridgehead atoms. The number of halogens is 3. The Hall–Kier alpha value is -2.89. The lowest BCUT2D eigenvalue weighted by molar-refractivity contribution is -0.161. The molecule has 1 saturated heterocycles. The van der Waals surface area contributed by atoms with E-state index in [1.165, 1.54) is 23.1 Å². The molecule has 2 aromatic carbocycles. The summed E-state index contributed by atoms with van der Waals surface area (Å²) >= 11 is 0. The molecule has 0 unspecified atom stereocenters. The lowest BCUT2D eigenvalue weighted by Crippen LogP contribution is -2.37. The van der Waals surface area contributed by atoms with E-state index in [1.807, 2.05) is 0 Å². The zero-order valence-electron chi connectivity index (χ0n) is 18.0. The van der Waals surface area contributed by atoms with Crippen molar-refractivity contribution >= 4 is 21.7 Å². The maximum absolute atomic E-state index is 13.6. The minimum Gasteiger partial charge on any atom is -0.374 e. The monoisotopic (exact) mass is 497 g/mol. The summed E-state index contributed by atoms with van der Waals surface area (Å²) in [6.45, 7) is 0.923. The normalized spacial score (nSPS) is 17.9. The molecule has 4 rings (SSSR count). The predicted molar refractivity (Wildman–Crippen MR) is 116 cm³/mol. The number of benzene rings is 2. The van der Waals surface area contributed by atoms with Crippen molar-refractivity contribution in [3.63, 3.8) is 0 Å². The molecule has 1 fully saturated rings. The van der Waals surface area contributed by atoms with Gasteiger partial charge in [-0.2, -0.15) is 21.6 Å². The molecule has 0 saturated carbocycles. The van der Waals surface area contributed by atoms with Gasteiger partial charge in [0.1, 0.15) is 0 Å². The van der Waals surface area contributed by atoms with Crippen LogP contribution in [0, 0.1) is 0 Å². The van der Waals surface area contributed by atoms with Crippen molar-refractivity contribution in [2.24, 2.45) is 0 Å². The number of anilines is 1. The molecule has 0 radical (unpaired) electrons. The number of amides is 1. The number of hydrogen-bond donors (Lipinski definition) is 0. The van der Waals surface area contributed by atoms with E-state index in [9.17, 15) is 26.4 Å². The second-order valence-electron chi connectivity index (χ2n) is 7.87. The standard InChI is InChI=1S/C23H22F3NO6S/c24-23(25,26)34(29,30)33-20-9-5-4-8-19(20)27(16-17-6-2-1-3-7-17)21(28)18-10-12-22(13-11-18)31-14-15-32-22/h1-10H,11-16H2. The minimum atomic E-state index is -5.93. The van der Waals surface area contributed by atoms with E-state index < -0.39 is 33.1 Å². The lowest BCUT2D eigenvalue weighted by Gasteiger charge is -2.32. The van der Waals surface area contributed by atoms with E-state index in [2.05, 4.69) is 4.18 Å². The van der Waals surface area contributed by atoms with Gasteiger partial charge < -0.3 is 18.6 Å². The van der Waals surface area contributed by atoms with Gasteiger partial charge in [0.05, 0.1) is 25.4 Å². The Morgan fingerprint density at radius 1 is 1.03 bits per heavy atom. The van der Waals surface area contributed by atoms with E-state index in [0.717, 1.165) is 6.07 Å². The second kappa shape index (κ2) is 9.40. The molecule has 2 aromatic rings. The summed E-state index contributed by atoms with van der Waals surface area (Å²) in [4.78, 5) is 14.8. The molecule has 1 aliphatic heterocycles. The van der Waals surface area contributed by atoms with E-state index >= 15 is 0 Å². The molecule has 1 heterocycles. The number of carbonyl (C=O) groups excluding carboxylic acids is 1. The number of alkyl halides is 3. The zero-order valence-corrected chi connectivity index (χ0v) is 18.8. The summed E-state index contributed by atoms with van der Waals surface area (Å²) in [7, 11) is -5.93. The van der Waals surface area contributed by atoms with Crippen molar-refractivity contribution in [1.29, 1.82) is 0 Å². The highest BCUT2D eigenvalue weighted by molar-refractivity contribution is 7.88. The van der Waals surface area contributed by atoms with Crippen LogP contribution in [0.25, 0.3) is 0 Å². The fraction of sp³-hybridized carbons (Fsp3) is 0.348. The molecule has 34 heavy (non-hydrogen) atoms. The van der Waals surface area contributed by atoms with Crippen molar-refractivity contribution in [2.75, 3.05) is 18.1 Å². The Balaban J connectivity index is 1.69. The summed E-state index contributed by atoms with van der Waals surface area (Å²) in [6.07, 6.45) is 2.83. The Morgan fingerprint density at radius 2 is 1.68 bits per heavy atom. The highest BCUT2D eigenvalue weighted by Gasteiger charge is 2.49. The average molecular weight is 497 g/mol. The van der Waals surface area contributed by atoms with Gasteiger partial charge in [0.25, 0.3) is 5.91 Å². The first-order valence-corrected chi connectivity index (χ1v) is 11.9. The first kappa shape index (κ1) is 24.2. The highest BCUT2D eigenvalue weighted by Crippen LogP contribution is 2.38. The van der Waals surface area contributed by atoms with Gasteiger partial charge in [-0.25, -0.2) is 0 Å². The van der Waals surface area contributed by atoms with Crippen LogP contribution in [0.15, 0.2) is 66.2 Å². The van der Waals surface area contributed by atoms with E-state index in [1.54, 1.807) is 36.4 Å². The Bertz CT molecular complexity index is 1170. The van der Waals surface area contributed by atoms with Crippen LogP contribution in [-0.2, 0) is 30.9 Å². The fourth-order valence-electron chi connectivity index (χ4n) is 3.88. The molecule has 0 N–H and O–H groups in total. The number of rotatable bonds is 6. The number of hydrogen-bond acceptors (Lipinski definition) is 6. The molecule has 1 amide bonds. The van der Waals surface area contributed by atoms with Gasteiger partial charge in [-0.05, 0) is 24.1 Å².